The molecule has 2 fully saturated rings. The Bertz CT molecular complexity index is 542. The maximum absolute atomic E-state index is 12.5. The summed E-state index contributed by atoms with van der Waals surface area (Å²) in [5, 5.41) is 9.43. The van der Waals surface area contributed by atoms with Crippen LogP contribution in [0.1, 0.15) is 53.1 Å². The molecule has 2 saturated carbocycles. The number of carboxylic acid groups (broad SMARTS) is 1. The van der Waals surface area contributed by atoms with Crippen molar-refractivity contribution < 1.29 is 14.1 Å². The summed E-state index contributed by atoms with van der Waals surface area (Å²) >= 11 is 0. The van der Waals surface area contributed by atoms with Crippen LogP contribution in [0.15, 0.2) is 17.0 Å². The van der Waals surface area contributed by atoms with E-state index in [9.17, 15) is 14.1 Å². The van der Waals surface area contributed by atoms with Gasteiger partial charge in [0.05, 0.1) is 16.4 Å². The van der Waals surface area contributed by atoms with Gasteiger partial charge in [0.2, 0.25) is 0 Å². The summed E-state index contributed by atoms with van der Waals surface area (Å²) in [5.41, 5.74) is 2.13. The molecule has 0 heterocycles. The van der Waals surface area contributed by atoms with Gasteiger partial charge in [0, 0.05) is 10.1 Å². The number of carboxylic acids is 1. The predicted octanol–water partition coefficient (Wildman–Crippen LogP) is 2.84. The van der Waals surface area contributed by atoms with E-state index in [1.165, 1.54) is 0 Å². The lowest BCUT2D eigenvalue weighted by molar-refractivity contribution is 0.0695. The minimum atomic E-state index is -1.02. The number of benzene rings is 1. The smallest absolute Gasteiger partial charge is 0.335 e. The molecule has 2 aliphatic rings. The lowest BCUT2D eigenvalue weighted by Gasteiger charge is -2.13. The van der Waals surface area contributed by atoms with Gasteiger partial charge >= 0.3 is 5.97 Å². The minimum Gasteiger partial charge on any atom is -0.478 e. The topological polar surface area (TPSA) is 54.4 Å². The Kier molecular flexibility index (Phi) is 2.77. The molecule has 18 heavy (non-hydrogen) atoms. The molecule has 1 aromatic carbocycles. The van der Waals surface area contributed by atoms with Crippen LogP contribution in [0.2, 0.25) is 0 Å². The molecule has 0 aliphatic heterocycles. The summed E-state index contributed by atoms with van der Waals surface area (Å²) in [5.74, 6) is -0.423. The van der Waals surface area contributed by atoms with Crippen molar-refractivity contribution >= 4 is 16.8 Å². The van der Waals surface area contributed by atoms with Gasteiger partial charge in [-0.15, -0.1) is 0 Å². The minimum absolute atomic E-state index is 0.255. The number of hydrogen-bond donors (Lipinski definition) is 1. The Hall–Kier alpha value is -1.16. The van der Waals surface area contributed by atoms with Crippen molar-refractivity contribution in [3.63, 3.8) is 0 Å². The first-order valence-electron chi connectivity index (χ1n) is 6.37. The van der Waals surface area contributed by atoms with Gasteiger partial charge in [-0.05, 0) is 55.7 Å². The maximum Gasteiger partial charge on any atom is 0.335 e. The molecule has 4 heteroatoms. The van der Waals surface area contributed by atoms with Crippen LogP contribution < -0.4 is 0 Å². The van der Waals surface area contributed by atoms with Gasteiger partial charge in [-0.1, -0.05) is 6.07 Å². The Balaban J connectivity index is 2.13. The largest absolute Gasteiger partial charge is 0.478 e. The summed E-state index contributed by atoms with van der Waals surface area (Å²) in [4.78, 5) is 12.0. The molecule has 1 atom stereocenters. The fourth-order valence-electron chi connectivity index (χ4n) is 2.38. The Labute approximate surface area is 109 Å². The fourth-order valence-corrected chi connectivity index (χ4v) is 4.15. The van der Waals surface area contributed by atoms with Crippen molar-refractivity contribution in [1.82, 2.24) is 0 Å². The Morgan fingerprint density at radius 2 is 1.94 bits per heavy atom. The van der Waals surface area contributed by atoms with E-state index in [4.69, 9.17) is 0 Å². The van der Waals surface area contributed by atoms with Crippen molar-refractivity contribution in [2.45, 2.75) is 48.7 Å². The summed E-state index contributed by atoms with van der Waals surface area (Å²) in [6, 6.07) is 3.54. The highest BCUT2D eigenvalue weighted by molar-refractivity contribution is 7.86. The van der Waals surface area contributed by atoms with E-state index in [1.54, 1.807) is 13.0 Å². The first-order chi connectivity index (χ1) is 8.59. The monoisotopic (exact) mass is 264 g/mol. The molecular weight excluding hydrogens is 248 g/mol. The van der Waals surface area contributed by atoms with Crippen LogP contribution in [0.25, 0.3) is 0 Å². The molecule has 1 N–H and O–H groups in total. The lowest BCUT2D eigenvalue weighted by Crippen LogP contribution is -2.09. The number of hydrogen-bond acceptors (Lipinski definition) is 2. The number of carbonyl (C=O) groups is 1. The van der Waals surface area contributed by atoms with Crippen LogP contribution in [-0.4, -0.2) is 20.5 Å². The van der Waals surface area contributed by atoms with E-state index in [2.05, 4.69) is 0 Å². The first kappa shape index (κ1) is 11.9. The average molecular weight is 264 g/mol. The van der Waals surface area contributed by atoms with Crippen molar-refractivity contribution in [3.8, 4) is 0 Å². The number of aromatic carboxylic acids is 1. The van der Waals surface area contributed by atoms with Crippen LogP contribution in [0.5, 0.6) is 0 Å². The first-order valence-corrected chi connectivity index (χ1v) is 7.58. The van der Waals surface area contributed by atoms with E-state index in [1.807, 2.05) is 6.07 Å². The summed E-state index contributed by atoms with van der Waals surface area (Å²) in [6.45, 7) is 1.80. The van der Waals surface area contributed by atoms with E-state index in [-0.39, 0.29) is 5.25 Å². The van der Waals surface area contributed by atoms with Gasteiger partial charge in [-0.25, -0.2) is 4.79 Å². The molecule has 0 amide bonds. The molecule has 0 unspecified atom stereocenters. The zero-order valence-corrected chi connectivity index (χ0v) is 11.1. The number of rotatable bonds is 4. The molecule has 0 spiro atoms. The van der Waals surface area contributed by atoms with Gasteiger partial charge in [0.15, 0.2) is 0 Å². The summed E-state index contributed by atoms with van der Waals surface area (Å²) in [6.07, 6.45) is 4.29. The van der Waals surface area contributed by atoms with Crippen LogP contribution in [0, 0.1) is 6.92 Å². The summed E-state index contributed by atoms with van der Waals surface area (Å²) < 4.78 is 12.5. The zero-order chi connectivity index (χ0) is 12.9. The summed E-state index contributed by atoms with van der Waals surface area (Å²) in [7, 11) is -1.02. The quantitative estimate of drug-likeness (QED) is 0.909. The molecule has 1 aromatic rings. The standard InChI is InChI=1S/C14H16O3S/c1-8-11(14(15)16)6-7-12(9-2-3-9)13(8)18(17)10-4-5-10/h6-7,9-10H,2-5H2,1H3,(H,15,16)/t18-/m0/s1. The molecule has 3 rings (SSSR count). The molecule has 2 aliphatic carbocycles. The third kappa shape index (κ3) is 1.99. The maximum atomic E-state index is 12.5. The Morgan fingerprint density at radius 1 is 1.28 bits per heavy atom. The zero-order valence-electron chi connectivity index (χ0n) is 10.3. The highest BCUT2D eigenvalue weighted by atomic mass is 32.2. The molecule has 0 saturated heterocycles. The van der Waals surface area contributed by atoms with Gasteiger partial charge < -0.3 is 5.11 Å². The highest BCUT2D eigenvalue weighted by Crippen LogP contribution is 2.45. The van der Waals surface area contributed by atoms with Crippen LogP contribution in [-0.2, 0) is 10.8 Å². The van der Waals surface area contributed by atoms with Crippen molar-refractivity contribution in [2.75, 3.05) is 0 Å². The van der Waals surface area contributed by atoms with Crippen molar-refractivity contribution in [3.05, 3.63) is 28.8 Å². The van der Waals surface area contributed by atoms with E-state index >= 15 is 0 Å². The third-order valence-electron chi connectivity index (χ3n) is 3.71. The fraction of sp³-hybridized carbons (Fsp3) is 0.500. The predicted molar refractivity (Wildman–Crippen MR) is 69.5 cm³/mol. The second-order valence-corrected chi connectivity index (χ2v) is 6.90. The van der Waals surface area contributed by atoms with Crippen molar-refractivity contribution in [1.29, 1.82) is 0 Å². The third-order valence-corrected chi connectivity index (χ3v) is 5.73. The normalized spacial score (nSPS) is 20.7. The highest BCUT2D eigenvalue weighted by Gasteiger charge is 2.36. The van der Waals surface area contributed by atoms with E-state index < -0.39 is 16.8 Å². The molecule has 0 radical (unpaired) electrons. The van der Waals surface area contributed by atoms with Gasteiger partial charge in [0.25, 0.3) is 0 Å². The molecule has 3 nitrogen and oxygen atoms in total. The van der Waals surface area contributed by atoms with Crippen LogP contribution in [0.3, 0.4) is 0 Å². The lowest BCUT2D eigenvalue weighted by atomic mass is 10.0. The van der Waals surface area contributed by atoms with Crippen molar-refractivity contribution in [2.24, 2.45) is 0 Å². The van der Waals surface area contributed by atoms with Crippen LogP contribution in [0.4, 0.5) is 0 Å². The second kappa shape index (κ2) is 4.19. The molecule has 96 valence electrons. The SMILES string of the molecule is Cc1c(C(=O)O)ccc(C2CC2)c1[S@@](=O)C1CC1. The second-order valence-electron chi connectivity index (χ2n) is 5.23. The van der Waals surface area contributed by atoms with E-state index in [0.717, 1.165) is 36.1 Å². The molecular formula is C14H16O3S. The van der Waals surface area contributed by atoms with Gasteiger partial charge in [0.1, 0.15) is 0 Å². The van der Waals surface area contributed by atoms with Crippen LogP contribution >= 0.6 is 0 Å². The van der Waals surface area contributed by atoms with Gasteiger partial charge in [-0.2, -0.15) is 0 Å². The molecule has 0 aromatic heterocycles. The van der Waals surface area contributed by atoms with E-state index in [0.29, 0.717) is 17.0 Å². The average Bonchev–Trinajstić information content (AvgIpc) is 3.17. The van der Waals surface area contributed by atoms with Gasteiger partial charge in [-0.3, -0.25) is 4.21 Å². The Morgan fingerprint density at radius 3 is 2.44 bits per heavy atom. The molecule has 0 bridgehead atoms.